The summed E-state index contributed by atoms with van der Waals surface area (Å²) >= 11 is 6.06. The minimum atomic E-state index is -3.99. The molecule has 160 valence electrons. The van der Waals surface area contributed by atoms with Crippen LogP contribution in [0.5, 0.6) is 0 Å². The number of rotatable bonds is 8. The molecule has 1 amide bonds. The maximum Gasteiger partial charge on any atom is 0.339 e. The molecule has 2 atom stereocenters. The van der Waals surface area contributed by atoms with E-state index in [1.54, 1.807) is 30.3 Å². The second-order valence-electron chi connectivity index (χ2n) is 6.73. The third-order valence-corrected chi connectivity index (χ3v) is 6.47. The van der Waals surface area contributed by atoms with Crippen molar-refractivity contribution in [1.29, 1.82) is 0 Å². The molecule has 1 fully saturated rings. The van der Waals surface area contributed by atoms with Crippen molar-refractivity contribution in [3.8, 4) is 0 Å². The Balaban J connectivity index is 1.79. The number of amides is 1. The highest BCUT2D eigenvalue weighted by Crippen LogP contribution is 2.25. The number of sulfonamides is 1. The molecule has 2 unspecified atom stereocenters. The first-order valence-electron chi connectivity index (χ1n) is 9.24. The summed E-state index contributed by atoms with van der Waals surface area (Å²) in [5.41, 5.74) is 5.68. The van der Waals surface area contributed by atoms with Crippen LogP contribution in [0.4, 0.5) is 0 Å². The van der Waals surface area contributed by atoms with Crippen LogP contribution < -0.4 is 10.5 Å². The van der Waals surface area contributed by atoms with Gasteiger partial charge >= 0.3 is 5.97 Å². The van der Waals surface area contributed by atoms with E-state index < -0.39 is 28.0 Å². The second-order valence-corrected chi connectivity index (χ2v) is 8.87. The van der Waals surface area contributed by atoms with E-state index >= 15 is 0 Å². The Kier molecular flexibility index (Phi) is 7.09. The highest BCUT2D eigenvalue weighted by atomic mass is 35.5. The molecule has 3 N–H and O–H groups in total. The summed E-state index contributed by atoms with van der Waals surface area (Å²) in [5, 5.41) is -0.0547. The third-order valence-electron chi connectivity index (χ3n) is 4.57. The zero-order valence-corrected chi connectivity index (χ0v) is 17.5. The summed E-state index contributed by atoms with van der Waals surface area (Å²) in [6.07, 6.45) is 0.119. The highest BCUT2D eigenvalue weighted by Gasteiger charge is 2.26. The average molecular weight is 453 g/mol. The van der Waals surface area contributed by atoms with Gasteiger partial charge in [0.25, 0.3) is 5.91 Å². The van der Waals surface area contributed by atoms with Crippen LogP contribution in [0.1, 0.15) is 34.9 Å². The molecule has 10 heteroatoms. The van der Waals surface area contributed by atoms with Crippen LogP contribution >= 0.6 is 11.6 Å². The van der Waals surface area contributed by atoms with Gasteiger partial charge in [0.1, 0.15) is 4.90 Å². The zero-order chi connectivity index (χ0) is 21.7. The molecule has 1 saturated heterocycles. The number of carbonyl (C=O) groups is 2. The van der Waals surface area contributed by atoms with Crippen LogP contribution in [-0.4, -0.2) is 39.5 Å². The van der Waals surface area contributed by atoms with Crippen LogP contribution in [0.25, 0.3) is 0 Å². The lowest BCUT2D eigenvalue weighted by atomic mass is 10.1. The van der Waals surface area contributed by atoms with Gasteiger partial charge in [-0.3, -0.25) is 4.79 Å². The van der Waals surface area contributed by atoms with E-state index in [9.17, 15) is 18.0 Å². The summed E-state index contributed by atoms with van der Waals surface area (Å²) in [5.74, 6) is -1.76. The van der Waals surface area contributed by atoms with Crippen molar-refractivity contribution in [3.63, 3.8) is 0 Å². The number of halogens is 1. The van der Waals surface area contributed by atoms with Crippen molar-refractivity contribution in [2.75, 3.05) is 13.2 Å². The lowest BCUT2D eigenvalue weighted by Gasteiger charge is -2.16. The Labute approximate surface area is 179 Å². The number of benzene rings is 2. The molecule has 0 spiro atoms. The molecule has 3 rings (SSSR count). The third kappa shape index (κ3) is 5.37. The first-order chi connectivity index (χ1) is 14.3. The van der Waals surface area contributed by atoms with Gasteiger partial charge in [-0.2, -0.15) is 0 Å². The molecule has 2 aromatic carbocycles. The van der Waals surface area contributed by atoms with E-state index in [0.717, 1.165) is 18.9 Å². The van der Waals surface area contributed by atoms with E-state index in [1.807, 2.05) is 0 Å². The summed E-state index contributed by atoms with van der Waals surface area (Å²) in [7, 11) is -3.99. The van der Waals surface area contributed by atoms with Crippen molar-refractivity contribution in [2.24, 2.45) is 5.73 Å². The predicted octanol–water partition coefficient (Wildman–Crippen LogP) is 2.18. The Hall–Kier alpha value is -2.46. The Morgan fingerprint density at radius 3 is 2.60 bits per heavy atom. The Morgan fingerprint density at radius 1 is 1.23 bits per heavy atom. The van der Waals surface area contributed by atoms with Crippen LogP contribution in [0.15, 0.2) is 53.4 Å². The fourth-order valence-corrected chi connectivity index (χ4v) is 4.61. The number of esters is 1. The molecule has 0 radical (unpaired) electrons. The Morgan fingerprint density at radius 2 is 1.97 bits per heavy atom. The molecule has 1 heterocycles. The van der Waals surface area contributed by atoms with Crippen molar-refractivity contribution >= 4 is 33.5 Å². The SMILES string of the molecule is NC(=O)C(OC(=O)c1ccc(Cl)c(S(=O)(=O)NCC2CCCO2)c1)c1ccccc1. The normalized spacial score (nSPS) is 17.4. The lowest BCUT2D eigenvalue weighted by Crippen LogP contribution is -2.32. The number of ether oxygens (including phenoxy) is 2. The standard InChI is InChI=1S/C20H21ClN2O6S/c21-16-9-8-14(11-17(16)30(26,27)23-12-15-7-4-10-28-15)20(25)29-18(19(22)24)13-5-2-1-3-6-13/h1-3,5-6,8-9,11,15,18,23H,4,7,10,12H2,(H2,22,24). The van der Waals surface area contributed by atoms with E-state index in [1.165, 1.54) is 12.1 Å². The van der Waals surface area contributed by atoms with Gasteiger partial charge in [0.15, 0.2) is 0 Å². The highest BCUT2D eigenvalue weighted by molar-refractivity contribution is 7.89. The van der Waals surface area contributed by atoms with Crippen molar-refractivity contribution in [2.45, 2.75) is 29.9 Å². The monoisotopic (exact) mass is 452 g/mol. The topological polar surface area (TPSA) is 125 Å². The molecule has 0 saturated carbocycles. The van der Waals surface area contributed by atoms with Gasteiger partial charge in [0.2, 0.25) is 16.1 Å². The van der Waals surface area contributed by atoms with Gasteiger partial charge in [-0.25, -0.2) is 17.9 Å². The molecular formula is C20H21ClN2O6S. The second kappa shape index (κ2) is 9.57. The summed E-state index contributed by atoms with van der Waals surface area (Å²) in [6.45, 7) is 0.696. The molecule has 8 nitrogen and oxygen atoms in total. The smallest absolute Gasteiger partial charge is 0.339 e. The largest absolute Gasteiger partial charge is 0.444 e. The Bertz CT molecular complexity index is 1020. The molecule has 0 bridgehead atoms. The van der Waals surface area contributed by atoms with E-state index in [4.69, 9.17) is 26.8 Å². The van der Waals surface area contributed by atoms with Crippen molar-refractivity contribution < 1.29 is 27.5 Å². The molecule has 30 heavy (non-hydrogen) atoms. The van der Waals surface area contributed by atoms with E-state index in [2.05, 4.69) is 4.72 Å². The van der Waals surface area contributed by atoms with Crippen LogP contribution in [0, 0.1) is 0 Å². The molecule has 1 aliphatic rings. The van der Waals surface area contributed by atoms with Crippen molar-refractivity contribution in [1.82, 2.24) is 4.72 Å². The van der Waals surface area contributed by atoms with Gasteiger partial charge < -0.3 is 15.2 Å². The quantitative estimate of drug-likeness (QED) is 0.591. The maximum atomic E-state index is 12.7. The van der Waals surface area contributed by atoms with Gasteiger partial charge in [0.05, 0.1) is 16.7 Å². The molecule has 2 aromatic rings. The summed E-state index contributed by atoms with van der Waals surface area (Å²) in [4.78, 5) is 24.1. The summed E-state index contributed by atoms with van der Waals surface area (Å²) in [6, 6.07) is 12.0. The first-order valence-corrected chi connectivity index (χ1v) is 11.1. The first kappa shape index (κ1) is 22.2. The average Bonchev–Trinajstić information content (AvgIpc) is 3.25. The molecule has 1 aliphatic heterocycles. The summed E-state index contributed by atoms with van der Waals surface area (Å²) < 4.78 is 38.4. The fraction of sp³-hybridized carbons (Fsp3) is 0.300. The van der Waals surface area contributed by atoms with Gasteiger partial charge in [-0.05, 0) is 31.0 Å². The van der Waals surface area contributed by atoms with Gasteiger partial charge in [-0.15, -0.1) is 0 Å². The van der Waals surface area contributed by atoms with Gasteiger partial charge in [0, 0.05) is 18.7 Å². The number of primary amides is 1. The minimum Gasteiger partial charge on any atom is -0.444 e. The zero-order valence-electron chi connectivity index (χ0n) is 15.9. The van der Waals surface area contributed by atoms with Crippen LogP contribution in [0.3, 0.4) is 0 Å². The van der Waals surface area contributed by atoms with E-state index in [0.29, 0.717) is 12.2 Å². The number of hydrogen-bond acceptors (Lipinski definition) is 6. The lowest BCUT2D eigenvalue weighted by molar-refractivity contribution is -0.127. The van der Waals surface area contributed by atoms with Crippen LogP contribution in [0.2, 0.25) is 5.02 Å². The molecule has 0 aliphatic carbocycles. The fourth-order valence-electron chi connectivity index (χ4n) is 3.02. The number of nitrogens with two attached hydrogens (primary N) is 1. The number of nitrogens with one attached hydrogen (secondary N) is 1. The predicted molar refractivity (Wildman–Crippen MR) is 109 cm³/mol. The van der Waals surface area contributed by atoms with E-state index in [-0.39, 0.29) is 28.1 Å². The van der Waals surface area contributed by atoms with Crippen molar-refractivity contribution in [3.05, 3.63) is 64.7 Å². The molecule has 0 aromatic heterocycles. The van der Waals surface area contributed by atoms with Crippen LogP contribution in [-0.2, 0) is 24.3 Å². The number of hydrogen-bond donors (Lipinski definition) is 2. The minimum absolute atomic E-state index is 0.0547. The number of carbonyl (C=O) groups excluding carboxylic acids is 2. The molecular weight excluding hydrogens is 432 g/mol. The van der Waals surface area contributed by atoms with Gasteiger partial charge in [-0.1, -0.05) is 41.9 Å². The maximum absolute atomic E-state index is 12.7.